The number of nitrogens with zero attached hydrogens (tertiary/aromatic N) is 2. The van der Waals surface area contributed by atoms with Gasteiger partial charge in [0.15, 0.2) is 0 Å². The van der Waals surface area contributed by atoms with Gasteiger partial charge in [-0.1, -0.05) is 6.07 Å². The average Bonchev–Trinajstić information content (AvgIpc) is 2.72. The second kappa shape index (κ2) is 8.93. The van der Waals surface area contributed by atoms with Crippen molar-refractivity contribution in [2.75, 3.05) is 19.9 Å². The highest BCUT2D eigenvalue weighted by Gasteiger charge is 2.26. The number of amides is 1. The number of nitrogen functional groups attached to an aromatic ring is 1. The maximum atomic E-state index is 11.1. The molecule has 0 bridgehead atoms. The molecule has 0 saturated heterocycles. The molecule has 1 aliphatic carbocycles. The minimum atomic E-state index is -0.852. The van der Waals surface area contributed by atoms with Crippen LogP contribution in [0, 0.1) is 0 Å². The van der Waals surface area contributed by atoms with Crippen LogP contribution in [0.3, 0.4) is 0 Å². The van der Waals surface area contributed by atoms with E-state index in [9.17, 15) is 4.79 Å². The van der Waals surface area contributed by atoms with Crippen molar-refractivity contribution in [3.05, 3.63) is 42.1 Å². The van der Waals surface area contributed by atoms with Gasteiger partial charge < -0.3 is 25.8 Å². The summed E-state index contributed by atoms with van der Waals surface area (Å²) < 4.78 is 5.52. The summed E-state index contributed by atoms with van der Waals surface area (Å²) in [6.45, 7) is 0.698. The predicted octanol–water partition coefficient (Wildman–Crippen LogP) is 3.35. The first kappa shape index (κ1) is 19.9. The maximum absolute atomic E-state index is 11.1. The fourth-order valence-electron chi connectivity index (χ4n) is 3.75. The number of carboxylic acid groups (broad SMARTS) is 1. The Morgan fingerprint density at radius 2 is 1.96 bits per heavy atom. The van der Waals surface area contributed by atoms with Gasteiger partial charge in [-0.25, -0.2) is 9.78 Å². The summed E-state index contributed by atoms with van der Waals surface area (Å²) in [5.74, 6) is 1.35. The summed E-state index contributed by atoms with van der Waals surface area (Å²) in [5, 5.41) is 12.7. The number of hydrogen-bond acceptors (Lipinski definition) is 5. The summed E-state index contributed by atoms with van der Waals surface area (Å²) in [4.78, 5) is 16.7. The van der Waals surface area contributed by atoms with Gasteiger partial charge in [-0.15, -0.1) is 0 Å². The number of nitrogens with two attached hydrogens (primary N) is 1. The van der Waals surface area contributed by atoms with Crippen molar-refractivity contribution in [3.63, 3.8) is 0 Å². The third-order valence-electron chi connectivity index (χ3n) is 5.53. The third-order valence-corrected chi connectivity index (χ3v) is 5.53. The highest BCUT2D eigenvalue weighted by atomic mass is 16.5. The van der Waals surface area contributed by atoms with Gasteiger partial charge in [0.2, 0.25) is 0 Å². The number of pyridine rings is 1. The average molecular weight is 384 g/mol. The van der Waals surface area contributed by atoms with E-state index in [1.165, 1.54) is 4.90 Å². The highest BCUT2D eigenvalue weighted by Crippen LogP contribution is 2.28. The van der Waals surface area contributed by atoms with Crippen LogP contribution in [0.15, 0.2) is 36.5 Å². The number of hydrogen-bond donors (Lipinski definition) is 3. The van der Waals surface area contributed by atoms with E-state index in [4.69, 9.17) is 15.6 Å². The smallest absolute Gasteiger partial charge is 0.407 e. The zero-order valence-corrected chi connectivity index (χ0v) is 16.4. The molecule has 1 fully saturated rings. The Bertz CT molecular complexity index is 802. The van der Waals surface area contributed by atoms with Crippen molar-refractivity contribution in [2.45, 2.75) is 44.3 Å². The van der Waals surface area contributed by atoms with Gasteiger partial charge in [0.25, 0.3) is 0 Å². The Labute approximate surface area is 165 Å². The zero-order chi connectivity index (χ0) is 20.1. The first-order valence-corrected chi connectivity index (χ1v) is 9.56. The first-order valence-electron chi connectivity index (χ1n) is 9.56. The summed E-state index contributed by atoms with van der Waals surface area (Å²) in [5.41, 5.74) is 8.84. The van der Waals surface area contributed by atoms with Crippen LogP contribution in [-0.4, -0.2) is 47.3 Å². The van der Waals surface area contributed by atoms with E-state index in [-0.39, 0.29) is 6.04 Å². The molecule has 0 atom stereocenters. The Hall–Kier alpha value is -2.80. The lowest BCUT2D eigenvalue weighted by molar-refractivity contribution is 0.122. The van der Waals surface area contributed by atoms with E-state index in [0.29, 0.717) is 18.4 Å². The fraction of sp³-hybridized carbons (Fsp3) is 0.429. The normalized spacial score (nSPS) is 19.2. The van der Waals surface area contributed by atoms with Crippen molar-refractivity contribution >= 4 is 11.9 Å². The van der Waals surface area contributed by atoms with E-state index < -0.39 is 6.09 Å². The van der Waals surface area contributed by atoms with E-state index in [1.54, 1.807) is 26.4 Å². The standard InChI is InChI=1S/C21H28N4O3/c1-25(21(26)27)18-7-5-17(6-8-18)23-13-16-11-14(3-9-19(16)28-2)15-4-10-20(22)24-12-15/h3-4,9-12,17-18,23H,5-8,13H2,1-2H3,(H2,22,24)(H,26,27). The number of carbonyl (C=O) groups is 1. The Morgan fingerprint density at radius 1 is 1.25 bits per heavy atom. The number of anilines is 1. The van der Waals surface area contributed by atoms with Gasteiger partial charge in [0.05, 0.1) is 7.11 Å². The van der Waals surface area contributed by atoms with Gasteiger partial charge >= 0.3 is 6.09 Å². The largest absolute Gasteiger partial charge is 0.496 e. The molecule has 1 heterocycles. The first-order chi connectivity index (χ1) is 13.5. The molecule has 3 rings (SSSR count). The number of nitrogens with one attached hydrogen (secondary N) is 1. The minimum Gasteiger partial charge on any atom is -0.496 e. The molecular formula is C21H28N4O3. The molecule has 2 aromatic rings. The van der Waals surface area contributed by atoms with Crippen LogP contribution in [0.4, 0.5) is 10.6 Å². The van der Waals surface area contributed by atoms with Crippen LogP contribution in [0.5, 0.6) is 5.75 Å². The number of benzene rings is 1. The van der Waals surface area contributed by atoms with E-state index in [2.05, 4.69) is 16.4 Å². The summed E-state index contributed by atoms with van der Waals surface area (Å²) in [6, 6.07) is 10.4. The Kier molecular flexibility index (Phi) is 6.36. The van der Waals surface area contributed by atoms with Crippen LogP contribution >= 0.6 is 0 Å². The molecule has 0 radical (unpaired) electrons. The molecule has 1 saturated carbocycles. The van der Waals surface area contributed by atoms with Crippen LogP contribution in [0.2, 0.25) is 0 Å². The van der Waals surface area contributed by atoms with Gasteiger partial charge in [-0.2, -0.15) is 0 Å². The molecule has 1 aromatic heterocycles. The van der Waals surface area contributed by atoms with Crippen molar-refractivity contribution < 1.29 is 14.6 Å². The maximum Gasteiger partial charge on any atom is 0.407 e. The van der Waals surface area contributed by atoms with E-state index in [0.717, 1.165) is 48.1 Å². The molecule has 28 heavy (non-hydrogen) atoms. The number of methoxy groups -OCH3 is 1. The van der Waals surface area contributed by atoms with Crippen LogP contribution in [-0.2, 0) is 6.54 Å². The lowest BCUT2D eigenvalue weighted by Crippen LogP contribution is -2.42. The number of aromatic nitrogens is 1. The van der Waals surface area contributed by atoms with Gasteiger partial charge in [-0.3, -0.25) is 0 Å². The van der Waals surface area contributed by atoms with E-state index in [1.807, 2.05) is 18.2 Å². The molecule has 0 aliphatic heterocycles. The molecule has 1 aliphatic rings. The predicted molar refractivity (Wildman–Crippen MR) is 109 cm³/mol. The zero-order valence-electron chi connectivity index (χ0n) is 16.4. The minimum absolute atomic E-state index is 0.117. The fourth-order valence-corrected chi connectivity index (χ4v) is 3.75. The molecule has 0 unspecified atom stereocenters. The number of rotatable bonds is 6. The quantitative estimate of drug-likeness (QED) is 0.706. The van der Waals surface area contributed by atoms with Crippen LogP contribution in [0.1, 0.15) is 31.2 Å². The van der Waals surface area contributed by atoms with Crippen molar-refractivity contribution in [3.8, 4) is 16.9 Å². The molecule has 150 valence electrons. The van der Waals surface area contributed by atoms with Crippen molar-refractivity contribution in [1.82, 2.24) is 15.2 Å². The van der Waals surface area contributed by atoms with Crippen molar-refractivity contribution in [1.29, 1.82) is 0 Å². The molecule has 7 nitrogen and oxygen atoms in total. The van der Waals surface area contributed by atoms with Gasteiger partial charge in [0, 0.05) is 43.0 Å². The second-order valence-electron chi connectivity index (χ2n) is 7.28. The topological polar surface area (TPSA) is 101 Å². The molecule has 0 spiro atoms. The van der Waals surface area contributed by atoms with Crippen LogP contribution < -0.4 is 15.8 Å². The molecule has 4 N–H and O–H groups in total. The van der Waals surface area contributed by atoms with Crippen molar-refractivity contribution in [2.24, 2.45) is 0 Å². The highest BCUT2D eigenvalue weighted by molar-refractivity contribution is 5.66. The summed E-state index contributed by atoms with van der Waals surface area (Å²) in [7, 11) is 3.33. The molecular weight excluding hydrogens is 356 g/mol. The lowest BCUT2D eigenvalue weighted by Gasteiger charge is -2.33. The SMILES string of the molecule is COc1ccc(-c2ccc(N)nc2)cc1CNC1CCC(N(C)C(=O)O)CC1. The monoisotopic (exact) mass is 384 g/mol. The molecule has 1 amide bonds. The van der Waals surface area contributed by atoms with Crippen LogP contribution in [0.25, 0.3) is 11.1 Å². The Morgan fingerprint density at radius 3 is 2.57 bits per heavy atom. The second-order valence-corrected chi connectivity index (χ2v) is 7.28. The van der Waals surface area contributed by atoms with E-state index >= 15 is 0 Å². The summed E-state index contributed by atoms with van der Waals surface area (Å²) >= 11 is 0. The molecule has 1 aromatic carbocycles. The Balaban J connectivity index is 1.63. The van der Waals surface area contributed by atoms with Gasteiger partial charge in [0.1, 0.15) is 11.6 Å². The third kappa shape index (κ3) is 4.72. The lowest BCUT2D eigenvalue weighted by atomic mass is 9.90. The molecule has 7 heteroatoms. The number of ether oxygens (including phenoxy) is 1. The summed E-state index contributed by atoms with van der Waals surface area (Å²) in [6.07, 6.45) is 4.62. The van der Waals surface area contributed by atoms with Gasteiger partial charge in [-0.05, 0) is 55.5 Å².